The normalized spacial score (nSPS) is 14.8. The largest absolute Gasteiger partial charge is 0.441 e. The predicted octanol–water partition coefficient (Wildman–Crippen LogP) is 3.63. The van der Waals surface area contributed by atoms with Crippen LogP contribution in [0.1, 0.15) is 25.2 Å². The van der Waals surface area contributed by atoms with Gasteiger partial charge >= 0.3 is 0 Å². The van der Waals surface area contributed by atoms with Crippen LogP contribution >= 0.6 is 22.6 Å². The zero-order chi connectivity index (χ0) is 13.1. The number of hydrogen-bond donors (Lipinski definition) is 1. The van der Waals surface area contributed by atoms with Crippen molar-refractivity contribution in [3.63, 3.8) is 0 Å². The van der Waals surface area contributed by atoms with Gasteiger partial charge in [0.25, 0.3) is 0 Å². The van der Waals surface area contributed by atoms with Crippen LogP contribution in [0.5, 0.6) is 0 Å². The molecule has 1 aliphatic carbocycles. The van der Waals surface area contributed by atoms with Crippen molar-refractivity contribution in [1.29, 1.82) is 0 Å². The second-order valence-corrected chi connectivity index (χ2v) is 6.09. The van der Waals surface area contributed by atoms with Crippen LogP contribution in [0.25, 0.3) is 11.3 Å². The van der Waals surface area contributed by atoms with Gasteiger partial charge in [-0.05, 0) is 54.5 Å². The minimum absolute atomic E-state index is 0.783. The number of nitrogens with zero attached hydrogens (tertiary/aromatic N) is 1. The first-order chi connectivity index (χ1) is 9.33. The third-order valence-electron chi connectivity index (χ3n) is 3.27. The van der Waals surface area contributed by atoms with Crippen LogP contribution in [0.3, 0.4) is 0 Å². The van der Waals surface area contributed by atoms with E-state index in [9.17, 15) is 0 Å². The molecule has 0 radical (unpaired) electrons. The van der Waals surface area contributed by atoms with Crippen LogP contribution in [0.15, 0.2) is 34.9 Å². The van der Waals surface area contributed by atoms with Crippen LogP contribution in [0, 0.1) is 3.57 Å². The summed E-state index contributed by atoms with van der Waals surface area (Å²) in [5, 5.41) is 3.50. The third-order valence-corrected chi connectivity index (χ3v) is 4.21. The maximum atomic E-state index is 5.83. The minimum Gasteiger partial charge on any atom is -0.441 e. The molecule has 1 saturated carbocycles. The summed E-state index contributed by atoms with van der Waals surface area (Å²) >= 11 is 2.32. The number of halogens is 1. The van der Waals surface area contributed by atoms with E-state index in [0.29, 0.717) is 0 Å². The smallest absolute Gasteiger partial charge is 0.194 e. The molecule has 0 atom stereocenters. The lowest BCUT2D eigenvalue weighted by atomic mass is 10.2. The molecule has 1 fully saturated rings. The van der Waals surface area contributed by atoms with Crippen LogP contribution in [-0.2, 0) is 6.42 Å². The maximum Gasteiger partial charge on any atom is 0.194 e. The predicted molar refractivity (Wildman–Crippen MR) is 84.0 cm³/mol. The van der Waals surface area contributed by atoms with Gasteiger partial charge in [0, 0.05) is 21.6 Å². The molecule has 1 heterocycles. The second-order valence-electron chi connectivity index (χ2n) is 4.93. The highest BCUT2D eigenvalue weighted by molar-refractivity contribution is 14.1. The van der Waals surface area contributed by atoms with E-state index in [1.807, 2.05) is 18.3 Å². The summed E-state index contributed by atoms with van der Waals surface area (Å²) in [6.45, 7) is 1.06. The Kier molecular flexibility index (Phi) is 4.18. The molecule has 0 aliphatic heterocycles. The number of benzene rings is 1. The van der Waals surface area contributed by atoms with Gasteiger partial charge in [0.05, 0.1) is 6.20 Å². The van der Waals surface area contributed by atoms with Gasteiger partial charge in [-0.1, -0.05) is 18.2 Å². The first-order valence-electron chi connectivity index (χ1n) is 6.76. The summed E-state index contributed by atoms with van der Waals surface area (Å²) in [4.78, 5) is 4.37. The number of aromatic nitrogens is 1. The van der Waals surface area contributed by atoms with Crippen molar-refractivity contribution in [2.24, 2.45) is 0 Å². The average molecular weight is 368 g/mol. The molecule has 4 heteroatoms. The summed E-state index contributed by atoms with van der Waals surface area (Å²) in [5.41, 5.74) is 1.12. The lowest BCUT2D eigenvalue weighted by molar-refractivity contribution is 0.491. The zero-order valence-corrected chi connectivity index (χ0v) is 12.9. The number of hydrogen-bond acceptors (Lipinski definition) is 3. The molecule has 1 N–H and O–H groups in total. The highest BCUT2D eigenvalue weighted by atomic mass is 127. The van der Waals surface area contributed by atoms with Crippen LogP contribution in [0.2, 0.25) is 0 Å². The van der Waals surface area contributed by atoms with E-state index in [1.165, 1.54) is 16.4 Å². The van der Waals surface area contributed by atoms with Gasteiger partial charge in [-0.2, -0.15) is 0 Å². The SMILES string of the molecule is Ic1ccccc1-c1cnc(CCCNC2CC2)o1. The summed E-state index contributed by atoms with van der Waals surface area (Å²) in [6.07, 6.45) is 6.51. The standard InChI is InChI=1S/C15H17IN2O/c16-13-5-2-1-4-12(13)14-10-18-15(19-14)6-3-9-17-11-7-8-11/h1-2,4-5,10-11,17H,3,6-9H2. The fourth-order valence-corrected chi connectivity index (χ4v) is 2.70. The Labute approximate surface area is 126 Å². The monoisotopic (exact) mass is 368 g/mol. The second kappa shape index (κ2) is 6.05. The van der Waals surface area contributed by atoms with Gasteiger partial charge in [-0.15, -0.1) is 0 Å². The Morgan fingerprint density at radius 1 is 1.32 bits per heavy atom. The molecule has 3 nitrogen and oxygen atoms in total. The molecule has 0 amide bonds. The molecule has 2 aromatic rings. The van der Waals surface area contributed by atoms with Gasteiger partial charge in [0.1, 0.15) is 0 Å². The molecule has 0 unspecified atom stereocenters. The summed E-state index contributed by atoms with van der Waals surface area (Å²) in [7, 11) is 0. The zero-order valence-electron chi connectivity index (χ0n) is 10.7. The average Bonchev–Trinajstić information content (AvgIpc) is 3.13. The van der Waals surface area contributed by atoms with Crippen molar-refractivity contribution in [3.8, 4) is 11.3 Å². The molecule has 1 aromatic carbocycles. The first kappa shape index (κ1) is 13.1. The molecule has 1 aromatic heterocycles. The number of rotatable bonds is 6. The van der Waals surface area contributed by atoms with Crippen LogP contribution < -0.4 is 5.32 Å². The van der Waals surface area contributed by atoms with Gasteiger partial charge in [0.2, 0.25) is 0 Å². The molecule has 100 valence electrons. The maximum absolute atomic E-state index is 5.83. The highest BCUT2D eigenvalue weighted by Crippen LogP contribution is 2.25. The van der Waals surface area contributed by atoms with E-state index in [1.54, 1.807) is 0 Å². The van der Waals surface area contributed by atoms with E-state index in [2.05, 4.69) is 45.0 Å². The van der Waals surface area contributed by atoms with Gasteiger partial charge in [-0.25, -0.2) is 4.98 Å². The molecule has 0 saturated heterocycles. The van der Waals surface area contributed by atoms with Gasteiger partial charge < -0.3 is 9.73 Å². The van der Waals surface area contributed by atoms with Crippen molar-refractivity contribution >= 4 is 22.6 Å². The number of nitrogens with one attached hydrogen (secondary N) is 1. The topological polar surface area (TPSA) is 38.1 Å². The molecular formula is C15H17IN2O. The summed E-state index contributed by atoms with van der Waals surface area (Å²) < 4.78 is 7.02. The first-order valence-corrected chi connectivity index (χ1v) is 7.84. The van der Waals surface area contributed by atoms with Crippen LogP contribution in [-0.4, -0.2) is 17.6 Å². The fourth-order valence-electron chi connectivity index (χ4n) is 2.04. The quantitative estimate of drug-likeness (QED) is 0.625. The van der Waals surface area contributed by atoms with E-state index in [0.717, 1.165) is 42.6 Å². The molecule has 1 aliphatic rings. The summed E-state index contributed by atoms with van der Waals surface area (Å²) in [5.74, 6) is 1.71. The van der Waals surface area contributed by atoms with Crippen molar-refractivity contribution in [1.82, 2.24) is 10.3 Å². The van der Waals surface area contributed by atoms with Gasteiger partial charge in [-0.3, -0.25) is 0 Å². The Morgan fingerprint density at radius 2 is 2.16 bits per heavy atom. The van der Waals surface area contributed by atoms with Crippen molar-refractivity contribution in [2.75, 3.05) is 6.54 Å². The molecule has 0 spiro atoms. The number of oxazole rings is 1. The fraction of sp³-hybridized carbons (Fsp3) is 0.400. The van der Waals surface area contributed by atoms with Crippen molar-refractivity contribution < 1.29 is 4.42 Å². The van der Waals surface area contributed by atoms with E-state index in [4.69, 9.17) is 4.42 Å². The minimum atomic E-state index is 0.783. The highest BCUT2D eigenvalue weighted by Gasteiger charge is 2.19. The number of aryl methyl sites for hydroxylation is 1. The summed E-state index contributed by atoms with van der Waals surface area (Å²) in [6, 6.07) is 9.00. The Balaban J connectivity index is 1.57. The lowest BCUT2D eigenvalue weighted by Crippen LogP contribution is -2.17. The molecule has 0 bridgehead atoms. The van der Waals surface area contributed by atoms with E-state index in [-0.39, 0.29) is 0 Å². The van der Waals surface area contributed by atoms with E-state index >= 15 is 0 Å². The molecule has 19 heavy (non-hydrogen) atoms. The Bertz CT molecular complexity index is 549. The van der Waals surface area contributed by atoms with Crippen molar-refractivity contribution in [3.05, 3.63) is 39.9 Å². The molecular weight excluding hydrogens is 351 g/mol. The third kappa shape index (κ3) is 3.57. The van der Waals surface area contributed by atoms with E-state index < -0.39 is 0 Å². The van der Waals surface area contributed by atoms with Crippen molar-refractivity contribution in [2.45, 2.75) is 31.7 Å². The van der Waals surface area contributed by atoms with Gasteiger partial charge in [0.15, 0.2) is 11.7 Å². The molecule has 3 rings (SSSR count). The Morgan fingerprint density at radius 3 is 2.95 bits per heavy atom. The Hall–Kier alpha value is -0.880. The van der Waals surface area contributed by atoms with Crippen LogP contribution in [0.4, 0.5) is 0 Å². The lowest BCUT2D eigenvalue weighted by Gasteiger charge is -2.00.